The van der Waals surface area contributed by atoms with E-state index in [4.69, 9.17) is 5.73 Å². The molecule has 1 aliphatic heterocycles. The average Bonchev–Trinajstić information content (AvgIpc) is 2.97. The number of carbonyl (C=O) groups is 1. The number of amides is 1. The third-order valence-corrected chi connectivity index (χ3v) is 3.65. The van der Waals surface area contributed by atoms with Gasteiger partial charge < -0.3 is 21.3 Å². The number of rotatable bonds is 7. The van der Waals surface area contributed by atoms with Gasteiger partial charge in [0.15, 0.2) is 0 Å². The minimum Gasteiger partial charge on any atom is -0.370 e. The van der Waals surface area contributed by atoms with Crippen molar-refractivity contribution in [3.63, 3.8) is 0 Å². The van der Waals surface area contributed by atoms with Crippen LogP contribution in [0.3, 0.4) is 0 Å². The van der Waals surface area contributed by atoms with Crippen LogP contribution in [0.2, 0.25) is 0 Å². The highest BCUT2D eigenvalue weighted by Crippen LogP contribution is 2.16. The molecule has 3 heterocycles. The van der Waals surface area contributed by atoms with E-state index in [2.05, 4.69) is 30.6 Å². The first-order chi connectivity index (χ1) is 11.7. The van der Waals surface area contributed by atoms with E-state index in [1.807, 2.05) is 4.90 Å². The lowest BCUT2D eigenvalue weighted by Gasteiger charge is -2.15. The highest BCUT2D eigenvalue weighted by Gasteiger charge is 2.18. The molecule has 0 spiro atoms. The average molecular weight is 328 g/mol. The van der Waals surface area contributed by atoms with Crippen LogP contribution in [0.1, 0.15) is 19.3 Å². The molecule has 0 saturated carbocycles. The number of hydrogen-bond acceptors (Lipinski definition) is 8. The Kier molecular flexibility index (Phi) is 4.99. The van der Waals surface area contributed by atoms with Crippen molar-refractivity contribution < 1.29 is 4.79 Å². The van der Waals surface area contributed by atoms with E-state index >= 15 is 0 Å². The molecule has 0 aliphatic carbocycles. The normalized spacial score (nSPS) is 14.0. The minimum atomic E-state index is 0.168. The summed E-state index contributed by atoms with van der Waals surface area (Å²) < 4.78 is 0. The Bertz CT molecular complexity index is 693. The summed E-state index contributed by atoms with van der Waals surface area (Å²) >= 11 is 0. The zero-order chi connectivity index (χ0) is 16.8. The number of nitrogens with zero attached hydrogens (tertiary/aromatic N) is 5. The Labute approximate surface area is 139 Å². The second-order valence-corrected chi connectivity index (χ2v) is 5.48. The van der Waals surface area contributed by atoms with Gasteiger partial charge in [-0.15, -0.1) is 0 Å². The lowest BCUT2D eigenvalue weighted by Crippen LogP contribution is -2.27. The van der Waals surface area contributed by atoms with Gasteiger partial charge in [-0.25, -0.2) is 4.98 Å². The molecule has 0 atom stereocenters. The number of nitrogen functional groups attached to an aromatic ring is 1. The van der Waals surface area contributed by atoms with Crippen molar-refractivity contribution in [3.8, 4) is 0 Å². The monoisotopic (exact) mass is 328 g/mol. The van der Waals surface area contributed by atoms with Crippen LogP contribution in [0.4, 0.5) is 23.4 Å². The van der Waals surface area contributed by atoms with E-state index in [1.54, 1.807) is 24.7 Å². The molecule has 1 saturated heterocycles. The van der Waals surface area contributed by atoms with E-state index in [0.29, 0.717) is 30.4 Å². The fourth-order valence-electron chi connectivity index (χ4n) is 2.54. The molecule has 0 radical (unpaired) electrons. The predicted molar refractivity (Wildman–Crippen MR) is 90.7 cm³/mol. The summed E-state index contributed by atoms with van der Waals surface area (Å²) in [5, 5.41) is 6.23. The molecule has 2 aromatic rings. The SMILES string of the molecule is Nc1nc(NCCCN2CCCC2=O)cc(Nc2cnccn2)n1. The van der Waals surface area contributed by atoms with Gasteiger partial charge in [0.05, 0.1) is 6.20 Å². The summed E-state index contributed by atoms with van der Waals surface area (Å²) in [6.07, 6.45) is 7.27. The molecule has 126 valence electrons. The third kappa shape index (κ3) is 4.28. The van der Waals surface area contributed by atoms with Gasteiger partial charge in [-0.3, -0.25) is 9.78 Å². The molecule has 1 amide bonds. The van der Waals surface area contributed by atoms with E-state index in [-0.39, 0.29) is 11.9 Å². The molecule has 2 aromatic heterocycles. The quantitative estimate of drug-likeness (QED) is 0.644. The van der Waals surface area contributed by atoms with E-state index < -0.39 is 0 Å². The first-order valence-corrected chi connectivity index (χ1v) is 7.90. The third-order valence-electron chi connectivity index (χ3n) is 3.65. The fraction of sp³-hybridized carbons (Fsp3) is 0.400. The number of nitrogens with one attached hydrogen (secondary N) is 2. The second kappa shape index (κ2) is 7.53. The van der Waals surface area contributed by atoms with Crippen LogP contribution in [-0.4, -0.2) is 50.4 Å². The number of nitrogens with two attached hydrogens (primary N) is 1. The molecule has 24 heavy (non-hydrogen) atoms. The van der Waals surface area contributed by atoms with Gasteiger partial charge in [0.25, 0.3) is 0 Å². The van der Waals surface area contributed by atoms with Gasteiger partial charge in [0.2, 0.25) is 11.9 Å². The second-order valence-electron chi connectivity index (χ2n) is 5.48. The number of anilines is 4. The first kappa shape index (κ1) is 15.9. The largest absolute Gasteiger partial charge is 0.370 e. The Morgan fingerprint density at radius 1 is 1.21 bits per heavy atom. The number of likely N-dealkylation sites (tertiary alicyclic amines) is 1. The zero-order valence-electron chi connectivity index (χ0n) is 13.3. The summed E-state index contributed by atoms with van der Waals surface area (Å²) in [5.41, 5.74) is 5.74. The van der Waals surface area contributed by atoms with Gasteiger partial charge in [0, 0.05) is 44.5 Å². The first-order valence-electron chi connectivity index (χ1n) is 7.90. The van der Waals surface area contributed by atoms with Crippen molar-refractivity contribution in [1.29, 1.82) is 0 Å². The number of hydrogen-bond donors (Lipinski definition) is 3. The van der Waals surface area contributed by atoms with E-state index in [0.717, 1.165) is 25.9 Å². The molecule has 0 aromatic carbocycles. The Morgan fingerprint density at radius 3 is 2.83 bits per heavy atom. The maximum absolute atomic E-state index is 11.6. The van der Waals surface area contributed by atoms with Crippen LogP contribution < -0.4 is 16.4 Å². The van der Waals surface area contributed by atoms with Gasteiger partial charge in [-0.1, -0.05) is 0 Å². The molecular weight excluding hydrogens is 308 g/mol. The summed E-state index contributed by atoms with van der Waals surface area (Å²) in [6.45, 7) is 2.33. The molecule has 1 fully saturated rings. The molecule has 1 aliphatic rings. The highest BCUT2D eigenvalue weighted by atomic mass is 16.2. The predicted octanol–water partition coefficient (Wildman–Crippen LogP) is 1.02. The highest BCUT2D eigenvalue weighted by molar-refractivity contribution is 5.78. The summed E-state index contributed by atoms with van der Waals surface area (Å²) in [6, 6.07) is 1.76. The molecular formula is C15H20N8O. The smallest absolute Gasteiger partial charge is 0.223 e. The van der Waals surface area contributed by atoms with Gasteiger partial charge in [0.1, 0.15) is 17.5 Å². The van der Waals surface area contributed by atoms with Crippen LogP contribution in [0.25, 0.3) is 0 Å². The summed E-state index contributed by atoms with van der Waals surface area (Å²) in [7, 11) is 0. The van der Waals surface area contributed by atoms with Crippen molar-refractivity contribution in [3.05, 3.63) is 24.7 Å². The molecule has 3 rings (SSSR count). The molecule has 9 nitrogen and oxygen atoms in total. The fourth-order valence-corrected chi connectivity index (χ4v) is 2.54. The van der Waals surface area contributed by atoms with Crippen molar-refractivity contribution in [2.45, 2.75) is 19.3 Å². The number of aromatic nitrogens is 4. The topological polar surface area (TPSA) is 122 Å². The standard InChI is InChI=1S/C15H20N8O/c16-15-21-11(18-4-2-8-23-7-1-3-14(23)24)9-12(22-15)20-13-10-17-5-6-19-13/h5-6,9-10H,1-4,7-8H2,(H4,16,18,19,20,21,22). The lowest BCUT2D eigenvalue weighted by atomic mass is 10.3. The molecule has 9 heteroatoms. The molecule has 0 unspecified atom stereocenters. The van der Waals surface area contributed by atoms with Crippen LogP contribution in [-0.2, 0) is 4.79 Å². The summed E-state index contributed by atoms with van der Waals surface area (Å²) in [4.78, 5) is 29.8. The number of carbonyl (C=O) groups excluding carboxylic acids is 1. The van der Waals surface area contributed by atoms with E-state index in [9.17, 15) is 4.79 Å². The van der Waals surface area contributed by atoms with Crippen molar-refractivity contribution in [2.24, 2.45) is 0 Å². The van der Waals surface area contributed by atoms with Gasteiger partial charge >= 0.3 is 0 Å². The summed E-state index contributed by atoms with van der Waals surface area (Å²) in [5.74, 6) is 2.16. The van der Waals surface area contributed by atoms with Gasteiger partial charge in [-0.05, 0) is 12.8 Å². The maximum Gasteiger partial charge on any atom is 0.223 e. The molecule has 4 N–H and O–H groups in total. The minimum absolute atomic E-state index is 0.168. The maximum atomic E-state index is 11.6. The Hall–Kier alpha value is -2.97. The Morgan fingerprint density at radius 2 is 2.08 bits per heavy atom. The van der Waals surface area contributed by atoms with Crippen LogP contribution in [0.15, 0.2) is 24.7 Å². The van der Waals surface area contributed by atoms with E-state index in [1.165, 1.54) is 0 Å². The lowest BCUT2D eigenvalue weighted by molar-refractivity contribution is -0.127. The Balaban J connectivity index is 1.52. The van der Waals surface area contributed by atoms with Crippen LogP contribution in [0, 0.1) is 0 Å². The van der Waals surface area contributed by atoms with Crippen molar-refractivity contribution in [1.82, 2.24) is 24.8 Å². The van der Waals surface area contributed by atoms with Gasteiger partial charge in [-0.2, -0.15) is 9.97 Å². The zero-order valence-corrected chi connectivity index (χ0v) is 13.3. The van der Waals surface area contributed by atoms with Crippen LogP contribution in [0.5, 0.6) is 0 Å². The van der Waals surface area contributed by atoms with Crippen molar-refractivity contribution in [2.75, 3.05) is 36.0 Å². The van der Waals surface area contributed by atoms with Crippen LogP contribution >= 0.6 is 0 Å². The van der Waals surface area contributed by atoms with Crippen molar-refractivity contribution >= 4 is 29.3 Å². The molecule has 0 bridgehead atoms.